The summed E-state index contributed by atoms with van der Waals surface area (Å²) in [5.74, 6) is -0.308. The van der Waals surface area contributed by atoms with E-state index in [4.69, 9.17) is 27.9 Å². The van der Waals surface area contributed by atoms with Crippen molar-refractivity contribution in [3.8, 4) is 5.69 Å². The molecule has 0 fully saturated rings. The Labute approximate surface area is 144 Å². The molecule has 1 aromatic carbocycles. The minimum Gasteiger partial charge on any atom is -0.463 e. The number of hydrogen-bond donors (Lipinski definition) is 0. The van der Waals surface area contributed by atoms with E-state index in [1.54, 1.807) is 31.3 Å². The normalized spacial score (nSPS) is 15.5. The fourth-order valence-electron chi connectivity index (χ4n) is 2.78. The van der Waals surface area contributed by atoms with E-state index in [9.17, 15) is 4.79 Å². The van der Waals surface area contributed by atoms with Crippen LogP contribution in [0.3, 0.4) is 0 Å². The largest absolute Gasteiger partial charge is 0.463 e. The molecule has 0 unspecified atom stereocenters. The maximum atomic E-state index is 11.7. The maximum absolute atomic E-state index is 11.7. The van der Waals surface area contributed by atoms with Gasteiger partial charge >= 0.3 is 5.97 Å². The van der Waals surface area contributed by atoms with Crippen LogP contribution in [0.1, 0.15) is 31.0 Å². The average molecular weight is 351 g/mol. The molecule has 1 aliphatic rings. The van der Waals surface area contributed by atoms with Crippen molar-refractivity contribution in [3.63, 3.8) is 0 Å². The monoisotopic (exact) mass is 350 g/mol. The number of hydrogen-bond acceptors (Lipinski definition) is 3. The minimum atomic E-state index is -0.308. The fourth-order valence-corrected chi connectivity index (χ4v) is 3.07. The summed E-state index contributed by atoms with van der Waals surface area (Å²) in [5.41, 5.74) is 3.90. The van der Waals surface area contributed by atoms with Crippen LogP contribution in [-0.2, 0) is 16.0 Å². The highest BCUT2D eigenvalue weighted by atomic mass is 35.5. The zero-order chi connectivity index (χ0) is 16.4. The highest BCUT2D eigenvalue weighted by Gasteiger charge is 2.21. The molecule has 0 atom stereocenters. The predicted molar refractivity (Wildman–Crippen MR) is 91.1 cm³/mol. The molecule has 1 heterocycles. The third-order valence-electron chi connectivity index (χ3n) is 3.80. The highest BCUT2D eigenvalue weighted by molar-refractivity contribution is 6.42. The molecule has 0 bridgehead atoms. The van der Waals surface area contributed by atoms with Crippen LogP contribution in [0, 0.1) is 0 Å². The van der Waals surface area contributed by atoms with Gasteiger partial charge in [-0.2, -0.15) is 5.10 Å². The third kappa shape index (κ3) is 3.28. The van der Waals surface area contributed by atoms with Gasteiger partial charge in [0.1, 0.15) is 0 Å². The predicted octanol–water partition coefficient (Wildman–Crippen LogP) is 4.46. The number of carbonyl (C=O) groups is 1. The van der Waals surface area contributed by atoms with Gasteiger partial charge in [-0.3, -0.25) is 0 Å². The lowest BCUT2D eigenvalue weighted by Gasteiger charge is -2.17. The first-order chi connectivity index (χ1) is 11.1. The van der Waals surface area contributed by atoms with Crippen LogP contribution in [0.5, 0.6) is 0 Å². The fraction of sp³-hybridized carbons (Fsp3) is 0.294. The Morgan fingerprint density at radius 2 is 2.17 bits per heavy atom. The van der Waals surface area contributed by atoms with Crippen LogP contribution in [-0.4, -0.2) is 22.4 Å². The van der Waals surface area contributed by atoms with Gasteiger partial charge in [-0.1, -0.05) is 23.2 Å². The SMILES string of the molecule is CCOC(=O)C=C1CCCc2c1cnn2-c1ccc(Cl)c(Cl)c1. The van der Waals surface area contributed by atoms with Gasteiger partial charge in [0.25, 0.3) is 0 Å². The number of fused-ring (bicyclic) bond motifs is 1. The molecular weight excluding hydrogens is 335 g/mol. The van der Waals surface area contributed by atoms with E-state index in [1.807, 2.05) is 10.7 Å². The molecule has 0 spiro atoms. The van der Waals surface area contributed by atoms with Crippen molar-refractivity contribution in [3.05, 3.63) is 51.8 Å². The average Bonchev–Trinajstić information content (AvgIpc) is 2.95. The second kappa shape index (κ2) is 6.77. The number of rotatable bonds is 3. The summed E-state index contributed by atoms with van der Waals surface area (Å²) in [7, 11) is 0. The Kier molecular flexibility index (Phi) is 4.74. The van der Waals surface area contributed by atoms with Crippen molar-refractivity contribution < 1.29 is 9.53 Å². The number of aromatic nitrogens is 2. The Morgan fingerprint density at radius 1 is 1.35 bits per heavy atom. The van der Waals surface area contributed by atoms with E-state index in [0.717, 1.165) is 41.8 Å². The summed E-state index contributed by atoms with van der Waals surface area (Å²) >= 11 is 12.1. The number of ether oxygens (including phenoxy) is 1. The summed E-state index contributed by atoms with van der Waals surface area (Å²) in [6, 6.07) is 5.43. The molecule has 6 heteroatoms. The van der Waals surface area contributed by atoms with Crippen molar-refractivity contribution in [2.45, 2.75) is 26.2 Å². The third-order valence-corrected chi connectivity index (χ3v) is 4.54. The molecule has 1 aromatic heterocycles. The lowest BCUT2D eigenvalue weighted by atomic mass is 9.92. The van der Waals surface area contributed by atoms with Gasteiger partial charge in [0.05, 0.1) is 34.2 Å². The Balaban J connectivity index is 2.00. The van der Waals surface area contributed by atoms with E-state index in [-0.39, 0.29) is 5.97 Å². The van der Waals surface area contributed by atoms with Gasteiger partial charge in [0.2, 0.25) is 0 Å². The summed E-state index contributed by atoms with van der Waals surface area (Å²) in [4.78, 5) is 11.7. The summed E-state index contributed by atoms with van der Waals surface area (Å²) in [6.07, 6.45) is 6.07. The number of nitrogens with zero attached hydrogens (tertiary/aromatic N) is 2. The zero-order valence-corrected chi connectivity index (χ0v) is 14.2. The van der Waals surface area contributed by atoms with E-state index in [2.05, 4.69) is 5.10 Å². The first kappa shape index (κ1) is 16.1. The van der Waals surface area contributed by atoms with Crippen LogP contribution in [0.15, 0.2) is 30.5 Å². The molecule has 23 heavy (non-hydrogen) atoms. The first-order valence-electron chi connectivity index (χ1n) is 7.50. The van der Waals surface area contributed by atoms with Crippen molar-refractivity contribution in [1.29, 1.82) is 0 Å². The van der Waals surface area contributed by atoms with E-state index < -0.39 is 0 Å². The van der Waals surface area contributed by atoms with Crippen LogP contribution in [0.25, 0.3) is 11.3 Å². The molecule has 0 aliphatic heterocycles. The second-order valence-corrected chi connectivity index (χ2v) is 6.10. The van der Waals surface area contributed by atoms with Gasteiger partial charge in [-0.15, -0.1) is 0 Å². The first-order valence-corrected chi connectivity index (χ1v) is 8.25. The number of halogens is 2. The molecule has 4 nitrogen and oxygen atoms in total. The number of benzene rings is 1. The zero-order valence-electron chi connectivity index (χ0n) is 12.7. The molecule has 0 amide bonds. The molecule has 2 aromatic rings. The standard InChI is InChI=1S/C17H16Cl2N2O2/c1-2-23-17(22)8-11-4-3-5-16-13(11)10-20-21(16)12-6-7-14(18)15(19)9-12/h6-10H,2-5H2,1H3. The number of allylic oxidation sites excluding steroid dienone is 1. The van der Waals surface area contributed by atoms with E-state index >= 15 is 0 Å². The molecule has 0 N–H and O–H groups in total. The molecule has 0 saturated heterocycles. The number of esters is 1. The molecule has 120 valence electrons. The Hall–Kier alpha value is -1.78. The smallest absolute Gasteiger partial charge is 0.331 e. The van der Waals surface area contributed by atoms with Gasteiger partial charge in [0.15, 0.2) is 0 Å². The van der Waals surface area contributed by atoms with Gasteiger partial charge < -0.3 is 4.74 Å². The summed E-state index contributed by atoms with van der Waals surface area (Å²) < 4.78 is 6.86. The van der Waals surface area contributed by atoms with Crippen LogP contribution in [0.4, 0.5) is 0 Å². The lowest BCUT2D eigenvalue weighted by molar-refractivity contribution is -0.137. The topological polar surface area (TPSA) is 44.1 Å². The van der Waals surface area contributed by atoms with E-state index in [1.165, 1.54) is 0 Å². The van der Waals surface area contributed by atoms with Crippen LogP contribution >= 0.6 is 23.2 Å². The van der Waals surface area contributed by atoms with Crippen molar-refractivity contribution in [1.82, 2.24) is 9.78 Å². The summed E-state index contributed by atoms with van der Waals surface area (Å²) in [5, 5.41) is 5.47. The van der Waals surface area contributed by atoms with Crippen molar-refractivity contribution in [2.24, 2.45) is 0 Å². The molecule has 1 aliphatic carbocycles. The van der Waals surface area contributed by atoms with Crippen LogP contribution in [0.2, 0.25) is 10.0 Å². The quantitative estimate of drug-likeness (QED) is 0.606. The maximum Gasteiger partial charge on any atom is 0.331 e. The van der Waals surface area contributed by atoms with Crippen molar-refractivity contribution in [2.75, 3.05) is 6.61 Å². The van der Waals surface area contributed by atoms with Gasteiger partial charge in [0, 0.05) is 11.6 Å². The second-order valence-electron chi connectivity index (χ2n) is 5.29. The molecule has 0 saturated carbocycles. The van der Waals surface area contributed by atoms with Crippen LogP contribution < -0.4 is 0 Å². The summed E-state index contributed by atoms with van der Waals surface area (Å²) in [6.45, 7) is 2.17. The molecule has 0 radical (unpaired) electrons. The van der Waals surface area contributed by atoms with Gasteiger partial charge in [-0.05, 0) is 50.0 Å². The molecular formula is C17H16Cl2N2O2. The van der Waals surface area contributed by atoms with Crippen molar-refractivity contribution >= 4 is 34.7 Å². The molecule has 3 rings (SSSR count). The van der Waals surface area contributed by atoms with E-state index in [0.29, 0.717) is 16.7 Å². The Morgan fingerprint density at radius 3 is 2.91 bits per heavy atom. The minimum absolute atomic E-state index is 0.308. The Bertz CT molecular complexity index is 781. The highest BCUT2D eigenvalue weighted by Crippen LogP contribution is 2.33. The lowest BCUT2D eigenvalue weighted by Crippen LogP contribution is -2.09. The number of carbonyl (C=O) groups excluding carboxylic acids is 1. The van der Waals surface area contributed by atoms with Gasteiger partial charge in [-0.25, -0.2) is 9.48 Å².